The molecular formula is C20H18ClN3O2. The van der Waals surface area contributed by atoms with Crippen LogP contribution in [-0.2, 0) is 0 Å². The molecule has 0 spiro atoms. The molecule has 0 saturated carbocycles. The maximum Gasteiger partial charge on any atom is 0.274 e. The molecule has 3 aromatic rings. The number of amides is 1. The van der Waals surface area contributed by atoms with Crippen molar-refractivity contribution in [3.8, 4) is 5.75 Å². The van der Waals surface area contributed by atoms with E-state index in [1.807, 2.05) is 31.2 Å². The summed E-state index contributed by atoms with van der Waals surface area (Å²) < 4.78 is 5.61. The van der Waals surface area contributed by atoms with Gasteiger partial charge in [-0.05, 0) is 43.3 Å². The van der Waals surface area contributed by atoms with Crippen molar-refractivity contribution in [3.05, 3.63) is 77.6 Å². The van der Waals surface area contributed by atoms with Crippen LogP contribution in [0.5, 0.6) is 5.75 Å². The van der Waals surface area contributed by atoms with Gasteiger partial charge in [-0.25, -0.2) is 0 Å². The molecule has 1 heterocycles. The Labute approximate surface area is 157 Å². The summed E-state index contributed by atoms with van der Waals surface area (Å²) in [5.41, 5.74) is 2.37. The quantitative estimate of drug-likeness (QED) is 0.634. The van der Waals surface area contributed by atoms with Gasteiger partial charge < -0.3 is 15.4 Å². The second-order valence-corrected chi connectivity index (χ2v) is 5.83. The van der Waals surface area contributed by atoms with Gasteiger partial charge in [-0.2, -0.15) is 0 Å². The maximum absolute atomic E-state index is 12.5. The number of rotatable bonds is 6. The normalized spacial score (nSPS) is 10.2. The van der Waals surface area contributed by atoms with E-state index in [0.717, 1.165) is 17.1 Å². The Bertz CT molecular complexity index is 915. The molecule has 1 amide bonds. The van der Waals surface area contributed by atoms with Gasteiger partial charge in [0.25, 0.3) is 5.91 Å². The number of benzene rings is 2. The fourth-order valence-electron chi connectivity index (χ4n) is 2.39. The van der Waals surface area contributed by atoms with E-state index in [0.29, 0.717) is 17.3 Å². The van der Waals surface area contributed by atoms with Crippen LogP contribution in [-0.4, -0.2) is 17.5 Å². The lowest BCUT2D eigenvalue weighted by atomic mass is 10.2. The van der Waals surface area contributed by atoms with E-state index in [1.54, 1.807) is 42.6 Å². The van der Waals surface area contributed by atoms with Crippen molar-refractivity contribution in [3.63, 3.8) is 0 Å². The highest BCUT2D eigenvalue weighted by atomic mass is 35.5. The number of anilines is 3. The van der Waals surface area contributed by atoms with Gasteiger partial charge in [0, 0.05) is 11.9 Å². The molecule has 2 N–H and O–H groups in total. The van der Waals surface area contributed by atoms with Gasteiger partial charge in [-0.15, -0.1) is 0 Å². The third kappa shape index (κ3) is 4.32. The Morgan fingerprint density at radius 2 is 1.81 bits per heavy atom. The van der Waals surface area contributed by atoms with E-state index in [2.05, 4.69) is 15.6 Å². The number of ether oxygens (including phenoxy) is 1. The van der Waals surface area contributed by atoms with Crippen molar-refractivity contribution in [1.29, 1.82) is 0 Å². The third-order valence-corrected chi connectivity index (χ3v) is 3.91. The van der Waals surface area contributed by atoms with E-state index in [1.165, 1.54) is 0 Å². The number of para-hydroxylation sites is 3. The molecule has 5 nitrogen and oxygen atoms in total. The maximum atomic E-state index is 12.5. The molecule has 1 aromatic heterocycles. The van der Waals surface area contributed by atoms with Crippen LogP contribution in [0.15, 0.2) is 66.9 Å². The Balaban J connectivity index is 1.78. The molecule has 0 aliphatic rings. The van der Waals surface area contributed by atoms with Crippen LogP contribution in [0.25, 0.3) is 0 Å². The summed E-state index contributed by atoms with van der Waals surface area (Å²) in [7, 11) is 0. The number of carbonyl (C=O) groups excluding carboxylic acids is 1. The van der Waals surface area contributed by atoms with Gasteiger partial charge in [0.15, 0.2) is 0 Å². The molecule has 0 bridgehead atoms. The van der Waals surface area contributed by atoms with Crippen LogP contribution in [0.2, 0.25) is 5.02 Å². The van der Waals surface area contributed by atoms with Crippen LogP contribution in [0.1, 0.15) is 17.4 Å². The predicted molar refractivity (Wildman–Crippen MR) is 105 cm³/mol. The van der Waals surface area contributed by atoms with Crippen LogP contribution in [0.4, 0.5) is 17.1 Å². The number of nitrogens with zero attached hydrogens (tertiary/aromatic N) is 1. The van der Waals surface area contributed by atoms with Gasteiger partial charge in [-0.3, -0.25) is 9.78 Å². The van der Waals surface area contributed by atoms with Crippen LogP contribution >= 0.6 is 11.6 Å². The van der Waals surface area contributed by atoms with Crippen molar-refractivity contribution in [1.82, 2.24) is 4.98 Å². The molecule has 0 aliphatic carbocycles. The fraction of sp³-hybridized carbons (Fsp3) is 0.100. The van der Waals surface area contributed by atoms with Gasteiger partial charge in [0.1, 0.15) is 11.4 Å². The summed E-state index contributed by atoms with van der Waals surface area (Å²) >= 11 is 6.08. The SMILES string of the molecule is CCOc1ccccc1Nc1ccnc(C(=O)Nc2ccccc2Cl)c1. The van der Waals surface area contributed by atoms with E-state index in [4.69, 9.17) is 16.3 Å². The minimum absolute atomic E-state index is 0.281. The average Bonchev–Trinajstić information content (AvgIpc) is 2.66. The summed E-state index contributed by atoms with van der Waals surface area (Å²) in [6.45, 7) is 2.50. The molecule has 2 aromatic carbocycles. The van der Waals surface area contributed by atoms with Crippen molar-refractivity contribution < 1.29 is 9.53 Å². The van der Waals surface area contributed by atoms with Gasteiger partial charge in [-0.1, -0.05) is 35.9 Å². The van der Waals surface area contributed by atoms with E-state index in [9.17, 15) is 4.79 Å². The Morgan fingerprint density at radius 1 is 1.08 bits per heavy atom. The zero-order valence-electron chi connectivity index (χ0n) is 14.2. The number of pyridine rings is 1. The molecule has 0 aliphatic heterocycles. The van der Waals surface area contributed by atoms with E-state index >= 15 is 0 Å². The predicted octanol–water partition coefficient (Wildman–Crippen LogP) is 5.13. The highest BCUT2D eigenvalue weighted by Crippen LogP contribution is 2.27. The molecular weight excluding hydrogens is 350 g/mol. The minimum atomic E-state index is -0.333. The monoisotopic (exact) mass is 367 g/mol. The number of hydrogen-bond acceptors (Lipinski definition) is 4. The van der Waals surface area contributed by atoms with Crippen LogP contribution in [0.3, 0.4) is 0 Å². The lowest BCUT2D eigenvalue weighted by Crippen LogP contribution is -2.14. The second kappa shape index (κ2) is 8.36. The number of nitrogens with one attached hydrogen (secondary N) is 2. The lowest BCUT2D eigenvalue weighted by Gasteiger charge is -2.13. The molecule has 0 unspecified atom stereocenters. The fourth-order valence-corrected chi connectivity index (χ4v) is 2.57. The highest BCUT2D eigenvalue weighted by Gasteiger charge is 2.11. The van der Waals surface area contributed by atoms with Gasteiger partial charge >= 0.3 is 0 Å². The molecule has 132 valence electrons. The third-order valence-electron chi connectivity index (χ3n) is 3.58. The molecule has 0 saturated heterocycles. The molecule has 0 radical (unpaired) electrons. The summed E-state index contributed by atoms with van der Waals surface area (Å²) in [5.74, 6) is 0.411. The smallest absolute Gasteiger partial charge is 0.274 e. The summed E-state index contributed by atoms with van der Waals surface area (Å²) in [5, 5.41) is 6.49. The first kappa shape index (κ1) is 17.8. The summed E-state index contributed by atoms with van der Waals surface area (Å²) in [6.07, 6.45) is 1.58. The topological polar surface area (TPSA) is 63.2 Å². The lowest BCUT2D eigenvalue weighted by molar-refractivity contribution is 0.102. The van der Waals surface area contributed by atoms with Crippen molar-refractivity contribution >= 4 is 34.6 Å². The average molecular weight is 368 g/mol. The van der Waals surface area contributed by atoms with E-state index in [-0.39, 0.29) is 11.6 Å². The van der Waals surface area contributed by atoms with Crippen LogP contribution in [0, 0.1) is 0 Å². The van der Waals surface area contributed by atoms with Crippen LogP contribution < -0.4 is 15.4 Å². The first-order chi connectivity index (χ1) is 12.7. The Kier molecular flexibility index (Phi) is 5.71. The number of aromatic nitrogens is 1. The molecule has 0 fully saturated rings. The van der Waals surface area contributed by atoms with Crippen molar-refractivity contribution in [2.24, 2.45) is 0 Å². The van der Waals surface area contributed by atoms with E-state index < -0.39 is 0 Å². The molecule has 3 rings (SSSR count). The van der Waals surface area contributed by atoms with Crippen molar-refractivity contribution in [2.75, 3.05) is 17.2 Å². The van der Waals surface area contributed by atoms with Gasteiger partial charge in [0.05, 0.1) is 23.0 Å². The largest absolute Gasteiger partial charge is 0.492 e. The number of halogens is 1. The highest BCUT2D eigenvalue weighted by molar-refractivity contribution is 6.33. The Hall–Kier alpha value is -3.05. The zero-order valence-corrected chi connectivity index (χ0v) is 15.0. The van der Waals surface area contributed by atoms with Crippen molar-refractivity contribution in [2.45, 2.75) is 6.92 Å². The zero-order chi connectivity index (χ0) is 18.4. The number of hydrogen-bond donors (Lipinski definition) is 2. The molecule has 0 atom stereocenters. The Morgan fingerprint density at radius 3 is 2.58 bits per heavy atom. The standard InChI is InChI=1S/C20H18ClN3O2/c1-2-26-19-10-6-5-9-17(19)23-14-11-12-22-18(13-14)20(25)24-16-8-4-3-7-15(16)21/h3-13H,2H2,1H3,(H,22,23)(H,24,25). The summed E-state index contributed by atoms with van der Waals surface area (Å²) in [4.78, 5) is 16.6. The molecule has 26 heavy (non-hydrogen) atoms. The number of carbonyl (C=O) groups is 1. The first-order valence-corrected chi connectivity index (χ1v) is 8.56. The summed E-state index contributed by atoms with van der Waals surface area (Å²) in [6, 6.07) is 18.1. The second-order valence-electron chi connectivity index (χ2n) is 5.42. The minimum Gasteiger partial charge on any atom is -0.492 e. The van der Waals surface area contributed by atoms with Gasteiger partial charge in [0.2, 0.25) is 0 Å². The molecule has 6 heteroatoms. The first-order valence-electron chi connectivity index (χ1n) is 8.18.